The van der Waals surface area contributed by atoms with Crippen molar-refractivity contribution in [2.24, 2.45) is 12.0 Å². The molecule has 0 aliphatic rings. The second kappa shape index (κ2) is 10.4. The standard InChI is InChI=1S/C19H30N6O3S/c1-14-18(15(2)25(4)24-14)13-22-19(20-3)21-12-16-7-6-8-17(11-16)29(26,27)23-9-10-28-5/h6-8,11,23H,9-10,12-13H2,1-5H3,(H2,20,21,22). The molecular weight excluding hydrogens is 392 g/mol. The number of sulfonamides is 1. The maximum absolute atomic E-state index is 12.3. The lowest BCUT2D eigenvalue weighted by molar-refractivity contribution is 0.204. The van der Waals surface area contributed by atoms with E-state index in [0.717, 1.165) is 22.5 Å². The minimum atomic E-state index is -3.57. The summed E-state index contributed by atoms with van der Waals surface area (Å²) in [5.74, 6) is 0.624. The summed E-state index contributed by atoms with van der Waals surface area (Å²) in [6.45, 7) is 5.59. The number of nitrogens with one attached hydrogen (secondary N) is 3. The Kier molecular flexibility index (Phi) is 8.18. The molecule has 2 rings (SSSR count). The molecule has 0 aliphatic carbocycles. The summed E-state index contributed by atoms with van der Waals surface area (Å²) in [4.78, 5) is 4.45. The van der Waals surface area contributed by atoms with Crippen LogP contribution in [0.15, 0.2) is 34.2 Å². The molecule has 0 bridgehead atoms. The maximum Gasteiger partial charge on any atom is 0.240 e. The monoisotopic (exact) mass is 422 g/mol. The Hall–Kier alpha value is -2.43. The molecule has 0 radical (unpaired) electrons. The highest BCUT2D eigenvalue weighted by atomic mass is 32.2. The number of aromatic nitrogens is 2. The second-order valence-corrected chi connectivity index (χ2v) is 8.36. The van der Waals surface area contributed by atoms with E-state index in [2.05, 4.69) is 25.4 Å². The first-order valence-corrected chi connectivity index (χ1v) is 10.8. The zero-order valence-electron chi connectivity index (χ0n) is 17.6. The van der Waals surface area contributed by atoms with Gasteiger partial charge in [0, 0.05) is 52.1 Å². The first-order chi connectivity index (χ1) is 13.8. The van der Waals surface area contributed by atoms with Gasteiger partial charge in [-0.3, -0.25) is 9.67 Å². The fraction of sp³-hybridized carbons (Fsp3) is 0.474. The number of hydrogen-bond donors (Lipinski definition) is 3. The van der Waals surface area contributed by atoms with Crippen molar-refractivity contribution in [3.05, 3.63) is 46.8 Å². The van der Waals surface area contributed by atoms with Gasteiger partial charge in [0.2, 0.25) is 10.0 Å². The summed E-state index contributed by atoms with van der Waals surface area (Å²) >= 11 is 0. The van der Waals surface area contributed by atoms with E-state index in [1.807, 2.05) is 31.6 Å². The zero-order valence-corrected chi connectivity index (χ0v) is 18.4. The van der Waals surface area contributed by atoms with Gasteiger partial charge in [0.05, 0.1) is 17.2 Å². The van der Waals surface area contributed by atoms with Crippen molar-refractivity contribution >= 4 is 16.0 Å². The molecule has 29 heavy (non-hydrogen) atoms. The quantitative estimate of drug-likeness (QED) is 0.314. The topological polar surface area (TPSA) is 110 Å². The third-order valence-corrected chi connectivity index (χ3v) is 6.04. The van der Waals surface area contributed by atoms with Gasteiger partial charge in [-0.1, -0.05) is 12.1 Å². The van der Waals surface area contributed by atoms with Gasteiger partial charge >= 0.3 is 0 Å². The first-order valence-electron chi connectivity index (χ1n) is 9.29. The van der Waals surface area contributed by atoms with Crippen LogP contribution in [0.5, 0.6) is 0 Å². The van der Waals surface area contributed by atoms with Crippen LogP contribution >= 0.6 is 0 Å². The van der Waals surface area contributed by atoms with E-state index >= 15 is 0 Å². The minimum absolute atomic E-state index is 0.220. The highest BCUT2D eigenvalue weighted by Gasteiger charge is 2.14. The molecule has 0 spiro atoms. The van der Waals surface area contributed by atoms with Gasteiger partial charge in [-0.2, -0.15) is 5.10 Å². The van der Waals surface area contributed by atoms with Gasteiger partial charge in [-0.15, -0.1) is 0 Å². The average Bonchev–Trinajstić information content (AvgIpc) is 2.94. The maximum atomic E-state index is 12.3. The van der Waals surface area contributed by atoms with Gasteiger partial charge < -0.3 is 15.4 Å². The number of aliphatic imine (C=N–C) groups is 1. The van der Waals surface area contributed by atoms with Crippen LogP contribution in [0.25, 0.3) is 0 Å². The first kappa shape index (κ1) is 22.9. The van der Waals surface area contributed by atoms with E-state index in [1.165, 1.54) is 7.11 Å². The lowest BCUT2D eigenvalue weighted by atomic mass is 10.2. The van der Waals surface area contributed by atoms with Crippen LogP contribution in [0.1, 0.15) is 22.5 Å². The molecule has 0 saturated heterocycles. The molecule has 9 nitrogen and oxygen atoms in total. The van der Waals surface area contributed by atoms with Crippen molar-refractivity contribution in [1.29, 1.82) is 0 Å². The summed E-state index contributed by atoms with van der Waals surface area (Å²) < 4.78 is 33.9. The molecule has 0 saturated carbocycles. The lowest BCUT2D eigenvalue weighted by Gasteiger charge is -2.13. The molecule has 1 heterocycles. The predicted octanol–water partition coefficient (Wildman–Crippen LogP) is 0.827. The number of hydrogen-bond acceptors (Lipinski definition) is 5. The summed E-state index contributed by atoms with van der Waals surface area (Å²) in [5, 5.41) is 10.9. The zero-order chi connectivity index (χ0) is 21.4. The van der Waals surface area contributed by atoms with Crippen LogP contribution in [0.2, 0.25) is 0 Å². The number of rotatable bonds is 9. The highest BCUT2D eigenvalue weighted by Crippen LogP contribution is 2.12. The smallest absolute Gasteiger partial charge is 0.240 e. The Balaban J connectivity index is 1.97. The van der Waals surface area contributed by atoms with Crippen molar-refractivity contribution in [1.82, 2.24) is 25.1 Å². The van der Waals surface area contributed by atoms with Crippen molar-refractivity contribution < 1.29 is 13.2 Å². The fourth-order valence-corrected chi connectivity index (χ4v) is 3.92. The molecule has 160 valence electrons. The van der Waals surface area contributed by atoms with Crippen LogP contribution in [-0.4, -0.2) is 51.5 Å². The van der Waals surface area contributed by atoms with E-state index in [1.54, 1.807) is 25.2 Å². The predicted molar refractivity (Wildman–Crippen MR) is 113 cm³/mol. The van der Waals surface area contributed by atoms with E-state index < -0.39 is 10.0 Å². The molecule has 2 aromatic rings. The van der Waals surface area contributed by atoms with E-state index in [9.17, 15) is 8.42 Å². The second-order valence-electron chi connectivity index (χ2n) is 6.59. The number of aryl methyl sites for hydroxylation is 2. The molecule has 0 amide bonds. The molecule has 1 aromatic heterocycles. The number of methoxy groups -OCH3 is 1. The fourth-order valence-electron chi connectivity index (χ4n) is 2.84. The van der Waals surface area contributed by atoms with E-state index in [-0.39, 0.29) is 11.4 Å². The molecule has 0 unspecified atom stereocenters. The molecule has 0 aliphatic heterocycles. The van der Waals surface area contributed by atoms with Crippen LogP contribution in [0.4, 0.5) is 0 Å². The molecule has 3 N–H and O–H groups in total. The Morgan fingerprint density at radius 1 is 1.24 bits per heavy atom. The summed E-state index contributed by atoms with van der Waals surface area (Å²) in [7, 11) is 1.57. The van der Waals surface area contributed by atoms with Gasteiger partial charge in [0.25, 0.3) is 0 Å². The van der Waals surface area contributed by atoms with Crippen LogP contribution in [0, 0.1) is 13.8 Å². The largest absolute Gasteiger partial charge is 0.383 e. The SMILES string of the molecule is CN=C(NCc1cccc(S(=O)(=O)NCCOC)c1)NCc1c(C)nn(C)c1C. The number of ether oxygens (including phenoxy) is 1. The Labute approximate surface area is 172 Å². The van der Waals surface area contributed by atoms with Crippen LogP contribution in [-0.2, 0) is 34.9 Å². The van der Waals surface area contributed by atoms with E-state index in [0.29, 0.717) is 25.7 Å². The molecule has 10 heteroatoms. The van der Waals surface area contributed by atoms with Gasteiger partial charge in [0.15, 0.2) is 5.96 Å². The van der Waals surface area contributed by atoms with Crippen molar-refractivity contribution in [2.75, 3.05) is 27.3 Å². The Morgan fingerprint density at radius 3 is 2.59 bits per heavy atom. The summed E-state index contributed by atoms with van der Waals surface area (Å²) in [5.41, 5.74) is 4.04. The van der Waals surface area contributed by atoms with Crippen LogP contribution < -0.4 is 15.4 Å². The van der Waals surface area contributed by atoms with Crippen molar-refractivity contribution in [3.8, 4) is 0 Å². The number of guanidine groups is 1. The van der Waals surface area contributed by atoms with Gasteiger partial charge in [-0.25, -0.2) is 13.1 Å². The Morgan fingerprint density at radius 2 is 1.97 bits per heavy atom. The molecule has 0 atom stereocenters. The molecule has 0 fully saturated rings. The highest BCUT2D eigenvalue weighted by molar-refractivity contribution is 7.89. The average molecular weight is 423 g/mol. The summed E-state index contributed by atoms with van der Waals surface area (Å²) in [6, 6.07) is 6.80. The lowest BCUT2D eigenvalue weighted by Crippen LogP contribution is -2.36. The van der Waals surface area contributed by atoms with Crippen molar-refractivity contribution in [2.45, 2.75) is 31.8 Å². The van der Waals surface area contributed by atoms with E-state index in [4.69, 9.17) is 4.74 Å². The van der Waals surface area contributed by atoms with Gasteiger partial charge in [0.1, 0.15) is 0 Å². The third kappa shape index (κ3) is 6.28. The third-order valence-electron chi connectivity index (χ3n) is 4.58. The number of nitrogens with zero attached hydrogens (tertiary/aromatic N) is 3. The normalized spacial score (nSPS) is 12.2. The minimum Gasteiger partial charge on any atom is -0.383 e. The molecule has 1 aromatic carbocycles. The van der Waals surface area contributed by atoms with Gasteiger partial charge in [-0.05, 0) is 31.5 Å². The van der Waals surface area contributed by atoms with Crippen molar-refractivity contribution in [3.63, 3.8) is 0 Å². The molecular formula is C19H30N6O3S. The Bertz CT molecular complexity index is 953. The summed E-state index contributed by atoms with van der Waals surface area (Å²) in [6.07, 6.45) is 0. The number of benzene rings is 1. The van der Waals surface area contributed by atoms with Crippen LogP contribution in [0.3, 0.4) is 0 Å².